The molecular formula is C22H15ClFN3O3. The van der Waals surface area contributed by atoms with Crippen LogP contribution < -0.4 is 10.9 Å². The van der Waals surface area contributed by atoms with E-state index in [1.807, 2.05) is 0 Å². The molecule has 0 aliphatic heterocycles. The first kappa shape index (κ1) is 19.6. The monoisotopic (exact) mass is 423 g/mol. The Morgan fingerprint density at radius 1 is 1.10 bits per heavy atom. The van der Waals surface area contributed by atoms with E-state index in [2.05, 4.69) is 10.3 Å². The third-order valence-corrected chi connectivity index (χ3v) is 4.99. The first-order valence-electron chi connectivity index (χ1n) is 8.97. The molecule has 0 aliphatic carbocycles. The molecule has 0 saturated heterocycles. The molecule has 150 valence electrons. The highest BCUT2D eigenvalue weighted by Crippen LogP contribution is 2.27. The molecule has 0 bridgehead atoms. The van der Waals surface area contributed by atoms with Crippen molar-refractivity contribution in [1.82, 2.24) is 14.9 Å². The number of aromatic hydroxyl groups is 1. The Morgan fingerprint density at radius 3 is 2.57 bits per heavy atom. The van der Waals surface area contributed by atoms with Gasteiger partial charge in [-0.1, -0.05) is 29.8 Å². The molecule has 6 nitrogen and oxygen atoms in total. The van der Waals surface area contributed by atoms with E-state index in [4.69, 9.17) is 11.6 Å². The SMILES string of the molecule is O=C(NCc1ccccc1Cl)c1c(O)c2cccnc2n(-c2ccc(F)cc2)c1=O. The number of carbonyl (C=O) groups is 1. The summed E-state index contributed by atoms with van der Waals surface area (Å²) in [4.78, 5) is 30.2. The number of pyridine rings is 2. The Kier molecular flexibility index (Phi) is 5.20. The fraction of sp³-hybridized carbons (Fsp3) is 0.0455. The number of benzene rings is 2. The van der Waals surface area contributed by atoms with E-state index in [1.54, 1.807) is 36.4 Å². The molecular weight excluding hydrogens is 409 g/mol. The fourth-order valence-corrected chi connectivity index (χ4v) is 3.35. The minimum atomic E-state index is -0.776. The number of hydrogen-bond donors (Lipinski definition) is 2. The van der Waals surface area contributed by atoms with Gasteiger partial charge in [0.2, 0.25) is 0 Å². The van der Waals surface area contributed by atoms with Crippen LogP contribution in [0.4, 0.5) is 4.39 Å². The molecule has 0 fully saturated rings. The van der Waals surface area contributed by atoms with Gasteiger partial charge >= 0.3 is 0 Å². The van der Waals surface area contributed by atoms with Crippen molar-refractivity contribution in [3.8, 4) is 11.4 Å². The lowest BCUT2D eigenvalue weighted by Gasteiger charge is -2.14. The lowest BCUT2D eigenvalue weighted by Crippen LogP contribution is -2.33. The van der Waals surface area contributed by atoms with Gasteiger partial charge in [0.05, 0.1) is 11.1 Å². The lowest BCUT2D eigenvalue weighted by molar-refractivity contribution is 0.0946. The summed E-state index contributed by atoms with van der Waals surface area (Å²) in [6.07, 6.45) is 1.46. The second-order valence-electron chi connectivity index (χ2n) is 6.49. The van der Waals surface area contributed by atoms with Crippen LogP contribution in [-0.4, -0.2) is 20.6 Å². The number of halogens is 2. The smallest absolute Gasteiger partial charge is 0.273 e. The summed E-state index contributed by atoms with van der Waals surface area (Å²) >= 11 is 6.11. The molecule has 2 N–H and O–H groups in total. The van der Waals surface area contributed by atoms with Gasteiger partial charge in [0, 0.05) is 17.8 Å². The van der Waals surface area contributed by atoms with E-state index in [0.717, 1.165) is 0 Å². The van der Waals surface area contributed by atoms with Crippen LogP contribution >= 0.6 is 11.6 Å². The number of fused-ring (bicyclic) bond motifs is 1. The Morgan fingerprint density at radius 2 is 1.83 bits per heavy atom. The van der Waals surface area contributed by atoms with Gasteiger partial charge in [0.25, 0.3) is 11.5 Å². The molecule has 2 heterocycles. The van der Waals surface area contributed by atoms with Crippen LogP contribution in [0.2, 0.25) is 5.02 Å². The Bertz CT molecular complexity index is 1320. The molecule has 0 saturated carbocycles. The van der Waals surface area contributed by atoms with Crippen LogP contribution in [0.15, 0.2) is 71.7 Å². The van der Waals surface area contributed by atoms with Gasteiger partial charge in [-0.05, 0) is 48.0 Å². The summed E-state index contributed by atoms with van der Waals surface area (Å²) in [5.41, 5.74) is -0.0957. The maximum Gasteiger partial charge on any atom is 0.273 e. The molecule has 4 aromatic rings. The van der Waals surface area contributed by atoms with Crippen molar-refractivity contribution in [3.63, 3.8) is 0 Å². The minimum Gasteiger partial charge on any atom is -0.506 e. The predicted octanol–water partition coefficient (Wildman–Crippen LogP) is 3.81. The lowest BCUT2D eigenvalue weighted by atomic mass is 10.1. The summed E-state index contributed by atoms with van der Waals surface area (Å²) in [6.45, 7) is 0.0685. The average molecular weight is 424 g/mol. The first-order valence-corrected chi connectivity index (χ1v) is 9.35. The van der Waals surface area contributed by atoms with E-state index in [1.165, 1.54) is 35.0 Å². The second kappa shape index (κ2) is 7.96. The van der Waals surface area contributed by atoms with Crippen LogP contribution in [0.1, 0.15) is 15.9 Å². The molecule has 2 aromatic heterocycles. The quantitative estimate of drug-likeness (QED) is 0.522. The van der Waals surface area contributed by atoms with Gasteiger partial charge in [-0.3, -0.25) is 14.2 Å². The summed E-state index contributed by atoms with van der Waals surface area (Å²) in [6, 6.07) is 15.3. The molecule has 0 spiro atoms. The molecule has 1 amide bonds. The van der Waals surface area contributed by atoms with Crippen molar-refractivity contribution in [2.24, 2.45) is 0 Å². The van der Waals surface area contributed by atoms with Crippen molar-refractivity contribution in [1.29, 1.82) is 0 Å². The van der Waals surface area contributed by atoms with Crippen LogP contribution in [0.5, 0.6) is 5.75 Å². The Hall–Kier alpha value is -3.71. The van der Waals surface area contributed by atoms with E-state index in [-0.39, 0.29) is 17.6 Å². The molecule has 8 heteroatoms. The highest BCUT2D eigenvalue weighted by molar-refractivity contribution is 6.31. The molecule has 2 aromatic carbocycles. The van der Waals surface area contributed by atoms with Crippen LogP contribution in [0.3, 0.4) is 0 Å². The van der Waals surface area contributed by atoms with Gasteiger partial charge in [-0.15, -0.1) is 0 Å². The Balaban J connectivity index is 1.84. The zero-order valence-electron chi connectivity index (χ0n) is 15.5. The molecule has 0 unspecified atom stereocenters. The highest BCUT2D eigenvalue weighted by atomic mass is 35.5. The number of nitrogens with zero attached hydrogens (tertiary/aromatic N) is 2. The number of hydrogen-bond acceptors (Lipinski definition) is 4. The molecule has 0 radical (unpaired) electrons. The van der Waals surface area contributed by atoms with Crippen LogP contribution in [0.25, 0.3) is 16.7 Å². The third kappa shape index (κ3) is 3.51. The van der Waals surface area contributed by atoms with Gasteiger partial charge in [-0.25, -0.2) is 9.37 Å². The summed E-state index contributed by atoms with van der Waals surface area (Å²) in [7, 11) is 0. The fourth-order valence-electron chi connectivity index (χ4n) is 3.14. The highest BCUT2D eigenvalue weighted by Gasteiger charge is 2.23. The largest absolute Gasteiger partial charge is 0.506 e. The van der Waals surface area contributed by atoms with E-state index in [9.17, 15) is 19.1 Å². The van der Waals surface area contributed by atoms with Crippen molar-refractivity contribution in [2.75, 3.05) is 0 Å². The zero-order chi connectivity index (χ0) is 21.3. The summed E-state index contributed by atoms with van der Waals surface area (Å²) in [5.74, 6) is -1.71. The topological polar surface area (TPSA) is 84.2 Å². The molecule has 30 heavy (non-hydrogen) atoms. The standard InChI is InChI=1S/C22H15ClFN3O3/c23-17-6-2-1-4-13(17)12-26-21(29)18-19(28)16-5-3-11-25-20(16)27(22(18)30)15-9-7-14(24)8-10-15/h1-11,28H,12H2,(H,26,29). The van der Waals surface area contributed by atoms with Crippen LogP contribution in [0, 0.1) is 5.82 Å². The van der Waals surface area contributed by atoms with Crippen molar-refractivity contribution < 1.29 is 14.3 Å². The van der Waals surface area contributed by atoms with Gasteiger partial charge in [0.15, 0.2) is 5.65 Å². The van der Waals surface area contributed by atoms with E-state index >= 15 is 0 Å². The van der Waals surface area contributed by atoms with E-state index in [0.29, 0.717) is 16.3 Å². The summed E-state index contributed by atoms with van der Waals surface area (Å²) in [5, 5.41) is 14.0. The Labute approximate surface area is 175 Å². The number of aromatic nitrogens is 2. The number of rotatable bonds is 4. The van der Waals surface area contributed by atoms with Gasteiger partial charge in [0.1, 0.15) is 17.1 Å². The first-order chi connectivity index (χ1) is 14.5. The van der Waals surface area contributed by atoms with Gasteiger partial charge in [-0.2, -0.15) is 0 Å². The van der Waals surface area contributed by atoms with E-state index < -0.39 is 28.6 Å². The van der Waals surface area contributed by atoms with Crippen molar-refractivity contribution >= 4 is 28.5 Å². The number of amides is 1. The van der Waals surface area contributed by atoms with Crippen molar-refractivity contribution in [2.45, 2.75) is 6.54 Å². The maximum atomic E-state index is 13.4. The second-order valence-corrected chi connectivity index (χ2v) is 6.90. The molecule has 4 rings (SSSR count). The molecule has 0 atom stereocenters. The number of nitrogens with one attached hydrogen (secondary N) is 1. The maximum absolute atomic E-state index is 13.4. The summed E-state index contributed by atoms with van der Waals surface area (Å²) < 4.78 is 14.5. The van der Waals surface area contributed by atoms with Crippen molar-refractivity contribution in [3.05, 3.63) is 99.2 Å². The number of carbonyl (C=O) groups excluding carboxylic acids is 1. The molecule has 0 aliphatic rings. The minimum absolute atomic E-state index is 0.0685. The zero-order valence-corrected chi connectivity index (χ0v) is 16.2. The predicted molar refractivity (Wildman–Crippen MR) is 112 cm³/mol. The third-order valence-electron chi connectivity index (χ3n) is 4.62. The average Bonchev–Trinajstić information content (AvgIpc) is 2.74. The normalized spacial score (nSPS) is 10.9. The van der Waals surface area contributed by atoms with Crippen LogP contribution in [-0.2, 0) is 6.54 Å². The van der Waals surface area contributed by atoms with Gasteiger partial charge < -0.3 is 10.4 Å².